The summed E-state index contributed by atoms with van der Waals surface area (Å²) in [6.45, 7) is 3.10. The number of carboxylic acids is 1. The fraction of sp³-hybridized carbons (Fsp3) is 0.833. The molecule has 1 saturated heterocycles. The maximum atomic E-state index is 12.8. The number of aliphatic carboxylic acids is 1. The molecule has 1 heterocycles. The summed E-state index contributed by atoms with van der Waals surface area (Å²) in [4.78, 5) is 24.0. The lowest BCUT2D eigenvalue weighted by molar-refractivity contribution is -0.203. The van der Waals surface area contributed by atoms with Gasteiger partial charge in [0, 0.05) is 13.1 Å². The Labute approximate surface area is 115 Å². The normalized spacial score (nSPS) is 23.1. The molecule has 2 N–H and O–H groups in total. The third-order valence-corrected chi connectivity index (χ3v) is 3.74. The van der Waals surface area contributed by atoms with Gasteiger partial charge in [-0.25, -0.2) is 9.59 Å². The number of hydrogen-bond donors (Lipinski definition) is 2. The molecular formula is C12H19F3N2O3. The lowest BCUT2D eigenvalue weighted by Crippen LogP contribution is -2.64. The van der Waals surface area contributed by atoms with Gasteiger partial charge in [-0.3, -0.25) is 0 Å². The van der Waals surface area contributed by atoms with Crippen molar-refractivity contribution in [2.24, 2.45) is 5.92 Å². The molecule has 1 aliphatic heterocycles. The van der Waals surface area contributed by atoms with Gasteiger partial charge in [0.05, 0.1) is 0 Å². The van der Waals surface area contributed by atoms with E-state index >= 15 is 0 Å². The number of alkyl halides is 3. The van der Waals surface area contributed by atoms with E-state index in [2.05, 4.69) is 0 Å². The van der Waals surface area contributed by atoms with E-state index in [4.69, 9.17) is 5.11 Å². The van der Waals surface area contributed by atoms with Crippen LogP contribution in [-0.4, -0.2) is 46.8 Å². The van der Waals surface area contributed by atoms with E-state index in [9.17, 15) is 22.8 Å². The number of amides is 2. The molecule has 0 spiro atoms. The van der Waals surface area contributed by atoms with Gasteiger partial charge in [-0.2, -0.15) is 13.2 Å². The number of nitrogens with one attached hydrogen (secondary N) is 1. The van der Waals surface area contributed by atoms with Gasteiger partial charge in [-0.15, -0.1) is 0 Å². The van der Waals surface area contributed by atoms with Crippen LogP contribution in [0.5, 0.6) is 0 Å². The van der Waals surface area contributed by atoms with E-state index in [0.29, 0.717) is 26.4 Å². The SMILES string of the molecule is CCC1CCCN(C(=O)NC(C)(C(=O)O)C(F)(F)F)C1. The zero-order chi connectivity index (χ0) is 15.6. The van der Waals surface area contributed by atoms with Crippen LogP contribution < -0.4 is 5.32 Å². The number of halogens is 3. The van der Waals surface area contributed by atoms with Crippen LogP contribution in [0.3, 0.4) is 0 Å². The number of carbonyl (C=O) groups is 2. The predicted molar refractivity (Wildman–Crippen MR) is 65.2 cm³/mol. The third-order valence-electron chi connectivity index (χ3n) is 3.74. The summed E-state index contributed by atoms with van der Waals surface area (Å²) in [5, 5.41) is 10.4. The fourth-order valence-corrected chi connectivity index (χ4v) is 2.12. The second-order valence-electron chi connectivity index (χ2n) is 5.22. The van der Waals surface area contributed by atoms with Gasteiger partial charge in [0.25, 0.3) is 0 Å². The minimum atomic E-state index is -5.06. The Bertz CT molecular complexity index is 387. The van der Waals surface area contributed by atoms with Crippen LogP contribution in [0.1, 0.15) is 33.1 Å². The van der Waals surface area contributed by atoms with Crippen molar-refractivity contribution in [3.63, 3.8) is 0 Å². The molecule has 1 fully saturated rings. The van der Waals surface area contributed by atoms with Crippen LogP contribution in [0, 0.1) is 5.92 Å². The van der Waals surface area contributed by atoms with Gasteiger partial charge in [-0.05, 0) is 25.7 Å². The van der Waals surface area contributed by atoms with Gasteiger partial charge < -0.3 is 15.3 Å². The zero-order valence-electron chi connectivity index (χ0n) is 11.5. The molecule has 1 aliphatic rings. The van der Waals surface area contributed by atoms with Crippen molar-refractivity contribution in [2.75, 3.05) is 13.1 Å². The van der Waals surface area contributed by atoms with E-state index in [0.717, 1.165) is 12.8 Å². The van der Waals surface area contributed by atoms with E-state index in [1.54, 1.807) is 5.32 Å². The summed E-state index contributed by atoms with van der Waals surface area (Å²) in [5.41, 5.74) is -3.27. The first-order valence-electron chi connectivity index (χ1n) is 6.49. The highest BCUT2D eigenvalue weighted by molar-refractivity contribution is 5.86. The molecule has 0 saturated carbocycles. The van der Waals surface area contributed by atoms with E-state index in [-0.39, 0.29) is 5.92 Å². The first-order chi connectivity index (χ1) is 9.11. The first kappa shape index (κ1) is 16.6. The van der Waals surface area contributed by atoms with Crippen LogP contribution in [0.2, 0.25) is 0 Å². The second-order valence-corrected chi connectivity index (χ2v) is 5.22. The number of piperidine rings is 1. The molecule has 0 aromatic rings. The van der Waals surface area contributed by atoms with Gasteiger partial charge in [0.1, 0.15) is 0 Å². The molecular weight excluding hydrogens is 277 g/mol. The molecule has 0 aromatic heterocycles. The van der Waals surface area contributed by atoms with Crippen LogP contribution in [-0.2, 0) is 4.79 Å². The zero-order valence-corrected chi connectivity index (χ0v) is 11.5. The van der Waals surface area contributed by atoms with Gasteiger partial charge in [-0.1, -0.05) is 13.3 Å². The Morgan fingerprint density at radius 3 is 2.45 bits per heavy atom. The summed E-state index contributed by atoms with van der Waals surface area (Å²) in [5.74, 6) is -1.88. The fourth-order valence-electron chi connectivity index (χ4n) is 2.12. The number of nitrogens with zero attached hydrogens (tertiary/aromatic N) is 1. The molecule has 1 rings (SSSR count). The standard InChI is InChI=1S/C12H19F3N2O3/c1-3-8-5-4-6-17(7-8)10(20)16-11(2,9(18)19)12(13,14)15/h8H,3-7H2,1-2H3,(H,16,20)(H,18,19). The molecule has 8 heteroatoms. The van der Waals surface area contributed by atoms with Gasteiger partial charge in [0.2, 0.25) is 5.54 Å². The summed E-state index contributed by atoms with van der Waals surface area (Å²) < 4.78 is 38.4. The number of carbonyl (C=O) groups excluding carboxylic acids is 1. The number of carboxylic acid groups (broad SMARTS) is 1. The molecule has 0 aromatic carbocycles. The predicted octanol–water partition coefficient (Wildman–Crippen LogP) is 2.22. The van der Waals surface area contributed by atoms with Gasteiger partial charge in [0.15, 0.2) is 0 Å². The monoisotopic (exact) mass is 296 g/mol. The third kappa shape index (κ3) is 3.34. The molecule has 2 amide bonds. The van der Waals surface area contributed by atoms with Crippen molar-refractivity contribution in [3.8, 4) is 0 Å². The van der Waals surface area contributed by atoms with E-state index in [1.807, 2.05) is 6.92 Å². The number of rotatable bonds is 3. The van der Waals surface area contributed by atoms with Crippen molar-refractivity contribution in [3.05, 3.63) is 0 Å². The maximum Gasteiger partial charge on any atom is 0.422 e. The van der Waals surface area contributed by atoms with Crippen LogP contribution in [0.15, 0.2) is 0 Å². The minimum absolute atomic E-state index is 0.247. The Hall–Kier alpha value is -1.47. The lowest BCUT2D eigenvalue weighted by atomic mass is 9.96. The van der Waals surface area contributed by atoms with Crippen LogP contribution in [0.25, 0.3) is 0 Å². The molecule has 2 unspecified atom stereocenters. The van der Waals surface area contributed by atoms with Crippen molar-refractivity contribution >= 4 is 12.0 Å². The summed E-state index contributed by atoms with van der Waals surface area (Å²) in [7, 11) is 0. The van der Waals surface area contributed by atoms with Crippen LogP contribution in [0.4, 0.5) is 18.0 Å². The summed E-state index contributed by atoms with van der Waals surface area (Å²) in [6, 6.07) is -0.981. The highest BCUT2D eigenvalue weighted by Crippen LogP contribution is 2.31. The summed E-state index contributed by atoms with van der Waals surface area (Å²) in [6.07, 6.45) is -2.59. The summed E-state index contributed by atoms with van der Waals surface area (Å²) >= 11 is 0. The Balaban J connectivity index is 2.79. The van der Waals surface area contributed by atoms with E-state index in [1.165, 1.54) is 4.90 Å². The molecule has 0 aliphatic carbocycles. The molecule has 116 valence electrons. The Morgan fingerprint density at radius 1 is 1.40 bits per heavy atom. The highest BCUT2D eigenvalue weighted by Gasteiger charge is 2.58. The topological polar surface area (TPSA) is 69.6 Å². The van der Waals surface area contributed by atoms with E-state index < -0.39 is 23.7 Å². The molecule has 0 radical (unpaired) electrons. The number of hydrogen-bond acceptors (Lipinski definition) is 2. The smallest absolute Gasteiger partial charge is 0.422 e. The van der Waals surface area contributed by atoms with Gasteiger partial charge >= 0.3 is 18.2 Å². The average Bonchev–Trinajstić information content (AvgIpc) is 2.37. The van der Waals surface area contributed by atoms with Crippen molar-refractivity contribution < 1.29 is 27.9 Å². The Morgan fingerprint density at radius 2 is 2.00 bits per heavy atom. The quantitative estimate of drug-likeness (QED) is 0.839. The van der Waals surface area contributed by atoms with Crippen molar-refractivity contribution in [1.29, 1.82) is 0 Å². The van der Waals surface area contributed by atoms with Crippen molar-refractivity contribution in [2.45, 2.75) is 44.8 Å². The lowest BCUT2D eigenvalue weighted by Gasteiger charge is -2.36. The molecule has 5 nitrogen and oxygen atoms in total. The first-order valence-corrected chi connectivity index (χ1v) is 6.49. The number of urea groups is 1. The molecule has 0 bridgehead atoms. The Kier molecular flexibility index (Phi) is 4.88. The largest absolute Gasteiger partial charge is 0.479 e. The average molecular weight is 296 g/mol. The second kappa shape index (κ2) is 5.88. The van der Waals surface area contributed by atoms with Crippen LogP contribution >= 0.6 is 0 Å². The maximum absolute atomic E-state index is 12.8. The number of likely N-dealkylation sites (tertiary alicyclic amines) is 1. The molecule has 2 atom stereocenters. The highest BCUT2D eigenvalue weighted by atomic mass is 19.4. The molecule has 20 heavy (non-hydrogen) atoms. The minimum Gasteiger partial charge on any atom is -0.479 e. The van der Waals surface area contributed by atoms with Crippen molar-refractivity contribution in [1.82, 2.24) is 10.2 Å².